The molecule has 2 heterocycles. The van der Waals surface area contributed by atoms with Crippen LogP contribution in [0.4, 0.5) is 22.7 Å². The lowest BCUT2D eigenvalue weighted by atomic mass is 10.1. The fraction of sp³-hybridized carbons (Fsp3) is 0.333. The maximum Gasteiger partial charge on any atom is 0.0985 e. The van der Waals surface area contributed by atoms with Crippen LogP contribution in [-0.4, -0.2) is 49.9 Å². The van der Waals surface area contributed by atoms with Gasteiger partial charge in [-0.3, -0.25) is 0 Å². The van der Waals surface area contributed by atoms with Crippen molar-refractivity contribution in [3.63, 3.8) is 0 Å². The summed E-state index contributed by atoms with van der Waals surface area (Å²) < 4.78 is 1.05. The number of hydrogen-bond donors (Lipinski definition) is 2. The summed E-state index contributed by atoms with van der Waals surface area (Å²) in [5.74, 6) is 0. The van der Waals surface area contributed by atoms with E-state index >= 15 is 0 Å². The predicted octanol–water partition coefficient (Wildman–Crippen LogP) is 3.29. The second-order valence-electron chi connectivity index (χ2n) is 6.36. The summed E-state index contributed by atoms with van der Waals surface area (Å²) in [5, 5.41) is 5.48. The molecule has 0 spiro atoms. The average molecular weight is 404 g/mol. The van der Waals surface area contributed by atoms with Gasteiger partial charge in [-0.1, -0.05) is 28.1 Å². The zero-order valence-corrected chi connectivity index (χ0v) is 15.8. The Balaban J connectivity index is 1.49. The minimum absolute atomic E-state index is 0.564. The predicted molar refractivity (Wildman–Crippen MR) is 104 cm³/mol. The van der Waals surface area contributed by atoms with E-state index in [1.807, 2.05) is 17.2 Å². The van der Waals surface area contributed by atoms with Gasteiger partial charge in [0.2, 0.25) is 0 Å². The molecule has 4 rings (SSSR count). The number of halogens is 1. The lowest BCUT2D eigenvalue weighted by Crippen LogP contribution is -2.47. The molecule has 1 saturated heterocycles. The molecule has 0 saturated carbocycles. The van der Waals surface area contributed by atoms with Crippen LogP contribution in [0.5, 0.6) is 0 Å². The number of fused-ring (bicyclic) bond motifs is 2. The number of rotatable bonds is 4. The Hall–Kier alpha value is -1.64. The van der Waals surface area contributed by atoms with Crippen LogP contribution in [-0.2, 0) is 4.94 Å². The zero-order valence-electron chi connectivity index (χ0n) is 14.2. The summed E-state index contributed by atoms with van der Waals surface area (Å²) in [4.78, 5) is 10.3. The van der Waals surface area contributed by atoms with E-state index in [4.69, 9.17) is 4.94 Å². The number of hydroxylamine groups is 3. The fourth-order valence-corrected chi connectivity index (χ4v) is 3.51. The second kappa shape index (κ2) is 7.31. The Bertz CT molecular complexity index is 748. The van der Waals surface area contributed by atoms with Crippen LogP contribution in [0, 0.1) is 0 Å². The highest BCUT2D eigenvalue weighted by Gasteiger charge is 2.23. The first-order valence-electron chi connectivity index (χ1n) is 8.47. The number of likely N-dealkylation sites (N-methyl/N-ethyl adjacent to an activating group) is 1. The number of piperazine rings is 1. The van der Waals surface area contributed by atoms with Gasteiger partial charge in [-0.15, -0.1) is 0 Å². The normalized spacial score (nSPS) is 17.8. The summed E-state index contributed by atoms with van der Waals surface area (Å²) in [5.41, 5.74) is 7.55. The Morgan fingerprint density at radius 3 is 2.64 bits per heavy atom. The van der Waals surface area contributed by atoms with Gasteiger partial charge in [0.25, 0.3) is 0 Å². The van der Waals surface area contributed by atoms with E-state index in [1.165, 1.54) is 0 Å². The van der Waals surface area contributed by atoms with E-state index in [-0.39, 0.29) is 0 Å². The van der Waals surface area contributed by atoms with E-state index in [1.54, 1.807) is 0 Å². The van der Waals surface area contributed by atoms with E-state index in [9.17, 15) is 0 Å². The molecule has 0 bridgehead atoms. The number of anilines is 4. The largest absolute Gasteiger partial charge is 0.352 e. The van der Waals surface area contributed by atoms with Crippen molar-refractivity contribution in [3.8, 4) is 0 Å². The van der Waals surface area contributed by atoms with E-state index in [2.05, 4.69) is 73.9 Å². The van der Waals surface area contributed by atoms with Crippen molar-refractivity contribution in [2.24, 2.45) is 0 Å². The fourth-order valence-electron chi connectivity index (χ4n) is 3.16. The molecule has 7 heteroatoms. The molecule has 2 aliphatic rings. The van der Waals surface area contributed by atoms with Crippen LogP contribution in [0.2, 0.25) is 0 Å². The van der Waals surface area contributed by atoms with Gasteiger partial charge in [-0.25, -0.2) is 4.94 Å². The lowest BCUT2D eigenvalue weighted by Gasteiger charge is -2.35. The zero-order chi connectivity index (χ0) is 17.2. The number of para-hydroxylation sites is 2. The molecule has 0 unspecified atom stereocenters. The molecule has 0 atom stereocenters. The van der Waals surface area contributed by atoms with Gasteiger partial charge in [0.05, 0.1) is 29.4 Å². The van der Waals surface area contributed by atoms with Crippen molar-refractivity contribution in [2.45, 2.75) is 0 Å². The Morgan fingerprint density at radius 2 is 1.80 bits per heavy atom. The summed E-state index contributed by atoms with van der Waals surface area (Å²) in [7, 11) is 2.14. The molecule has 132 valence electrons. The number of nitrogens with zero attached hydrogens (tertiary/aromatic N) is 3. The maximum atomic E-state index is 5.78. The molecule has 2 aliphatic heterocycles. The summed E-state index contributed by atoms with van der Waals surface area (Å²) in [6, 6.07) is 14.6. The summed E-state index contributed by atoms with van der Waals surface area (Å²) in [6.07, 6.45) is 0. The van der Waals surface area contributed by atoms with Crippen LogP contribution in [0.1, 0.15) is 0 Å². The van der Waals surface area contributed by atoms with Crippen LogP contribution < -0.4 is 15.7 Å². The second-order valence-corrected chi connectivity index (χ2v) is 7.27. The van der Waals surface area contributed by atoms with Crippen LogP contribution >= 0.6 is 15.9 Å². The highest BCUT2D eigenvalue weighted by molar-refractivity contribution is 9.10. The van der Waals surface area contributed by atoms with Crippen molar-refractivity contribution < 1.29 is 4.94 Å². The molecule has 2 N–H and O–H groups in total. The topological polar surface area (TPSA) is 43.0 Å². The van der Waals surface area contributed by atoms with Crippen LogP contribution in [0.25, 0.3) is 0 Å². The smallest absolute Gasteiger partial charge is 0.0985 e. The summed E-state index contributed by atoms with van der Waals surface area (Å²) in [6.45, 7) is 4.42. The van der Waals surface area contributed by atoms with Crippen molar-refractivity contribution in [2.75, 3.05) is 50.1 Å². The highest BCUT2D eigenvalue weighted by atomic mass is 79.9. The van der Waals surface area contributed by atoms with Gasteiger partial charge in [0.15, 0.2) is 0 Å². The standard InChI is InChI=1S/C18H22BrN5O/c1-22-8-10-23(11-9-22)25-20-13-24-17-5-3-2-4-15(17)21-16-7-6-14(19)12-18(16)24/h2-7,12,20-21H,8-11,13H2,1H3. The Morgan fingerprint density at radius 1 is 1.04 bits per heavy atom. The van der Waals surface area contributed by atoms with Gasteiger partial charge >= 0.3 is 0 Å². The van der Waals surface area contributed by atoms with Crippen LogP contribution in [0.3, 0.4) is 0 Å². The molecule has 0 aliphatic carbocycles. The highest BCUT2D eigenvalue weighted by Crippen LogP contribution is 2.43. The van der Waals surface area contributed by atoms with Gasteiger partial charge in [0, 0.05) is 30.7 Å². The quantitative estimate of drug-likeness (QED) is 0.763. The third kappa shape index (κ3) is 3.65. The third-order valence-electron chi connectivity index (χ3n) is 4.59. The molecule has 0 aromatic heterocycles. The van der Waals surface area contributed by atoms with Crippen molar-refractivity contribution in [3.05, 3.63) is 46.9 Å². The van der Waals surface area contributed by atoms with Gasteiger partial charge in [-0.2, -0.15) is 10.5 Å². The molecule has 0 radical (unpaired) electrons. The first-order chi connectivity index (χ1) is 12.2. The molecular formula is C18H22BrN5O. The van der Waals surface area contributed by atoms with Crippen molar-refractivity contribution in [1.82, 2.24) is 15.4 Å². The maximum absolute atomic E-state index is 5.78. The third-order valence-corrected chi connectivity index (χ3v) is 5.09. The molecule has 0 amide bonds. The number of nitrogens with one attached hydrogen (secondary N) is 2. The molecular weight excluding hydrogens is 382 g/mol. The van der Waals surface area contributed by atoms with E-state index in [0.29, 0.717) is 6.67 Å². The molecule has 1 fully saturated rings. The number of benzene rings is 2. The lowest BCUT2D eigenvalue weighted by molar-refractivity contribution is -0.221. The van der Waals surface area contributed by atoms with Crippen LogP contribution in [0.15, 0.2) is 46.9 Å². The monoisotopic (exact) mass is 403 g/mol. The van der Waals surface area contributed by atoms with Crippen molar-refractivity contribution >= 4 is 38.7 Å². The summed E-state index contributed by atoms with van der Waals surface area (Å²) >= 11 is 3.58. The molecule has 2 aromatic carbocycles. The Labute approximate surface area is 156 Å². The molecule has 25 heavy (non-hydrogen) atoms. The first kappa shape index (κ1) is 16.8. The molecule has 6 nitrogen and oxygen atoms in total. The van der Waals surface area contributed by atoms with E-state index in [0.717, 1.165) is 53.4 Å². The number of hydrogen-bond acceptors (Lipinski definition) is 6. The Kier molecular flexibility index (Phi) is 4.91. The minimum Gasteiger partial charge on any atom is -0.352 e. The first-order valence-corrected chi connectivity index (χ1v) is 9.26. The average Bonchev–Trinajstić information content (AvgIpc) is 2.63. The minimum atomic E-state index is 0.564. The van der Waals surface area contributed by atoms with Crippen molar-refractivity contribution in [1.29, 1.82) is 0 Å². The van der Waals surface area contributed by atoms with Gasteiger partial charge < -0.3 is 15.1 Å². The SMILES string of the molecule is CN1CCN(ONCN2c3ccccc3Nc3ccc(Br)cc32)CC1. The van der Waals surface area contributed by atoms with Gasteiger partial charge in [0.1, 0.15) is 0 Å². The molecule has 2 aromatic rings. The van der Waals surface area contributed by atoms with Gasteiger partial charge in [-0.05, 0) is 37.4 Å². The van der Waals surface area contributed by atoms with E-state index < -0.39 is 0 Å².